The van der Waals surface area contributed by atoms with Gasteiger partial charge in [-0.3, -0.25) is 15.4 Å². The van der Waals surface area contributed by atoms with Crippen LogP contribution in [0, 0.1) is 10.1 Å². The molecule has 0 saturated carbocycles. The maximum atomic E-state index is 11.8. The Morgan fingerprint density at radius 1 is 1.14 bits per heavy atom. The van der Waals surface area contributed by atoms with Crippen LogP contribution in [0.4, 0.5) is 16.2 Å². The number of carbonyl (C=O) groups is 1. The summed E-state index contributed by atoms with van der Waals surface area (Å²) in [5.74, 6) is 0.479. The number of rotatable bonds is 7. The summed E-state index contributed by atoms with van der Waals surface area (Å²) in [4.78, 5) is 22.9. The summed E-state index contributed by atoms with van der Waals surface area (Å²) < 4.78 is 10.8. The molecule has 0 unspecified atom stereocenters. The van der Waals surface area contributed by atoms with E-state index in [-0.39, 0.29) is 5.69 Å². The number of benzene rings is 2. The number of nitro benzene ring substituents is 1. The highest BCUT2D eigenvalue weighted by Gasteiger charge is 2.18. The maximum Gasteiger partial charge on any atom is 0.412 e. The van der Waals surface area contributed by atoms with Crippen LogP contribution in [0.15, 0.2) is 42.5 Å². The molecule has 0 bridgehead atoms. The Morgan fingerprint density at radius 3 is 2.39 bits per heavy atom. The summed E-state index contributed by atoms with van der Waals surface area (Å²) in [6.07, 6.45) is 1.32. The van der Waals surface area contributed by atoms with Gasteiger partial charge in [-0.25, -0.2) is 4.79 Å². The lowest BCUT2D eigenvalue weighted by Gasteiger charge is -2.19. The number of nitro groups is 1. The summed E-state index contributed by atoms with van der Waals surface area (Å²) >= 11 is 0. The van der Waals surface area contributed by atoms with Crippen molar-refractivity contribution in [1.82, 2.24) is 0 Å². The topological polar surface area (TPSA) is 90.7 Å². The minimum absolute atomic E-state index is 0.0261. The molecular formula is C21H26N2O5. The van der Waals surface area contributed by atoms with Crippen LogP contribution in [-0.4, -0.2) is 23.2 Å². The smallest absolute Gasteiger partial charge is 0.412 e. The fourth-order valence-corrected chi connectivity index (χ4v) is 2.49. The molecule has 28 heavy (non-hydrogen) atoms. The van der Waals surface area contributed by atoms with Gasteiger partial charge in [0.1, 0.15) is 11.4 Å². The maximum absolute atomic E-state index is 11.8. The zero-order valence-electron chi connectivity index (χ0n) is 16.7. The summed E-state index contributed by atoms with van der Waals surface area (Å²) in [5.41, 5.74) is 1.08. The van der Waals surface area contributed by atoms with Crippen LogP contribution in [0.25, 0.3) is 11.1 Å². The first kappa shape index (κ1) is 21.2. The average Bonchev–Trinajstić information content (AvgIpc) is 2.61. The molecule has 7 heteroatoms. The van der Waals surface area contributed by atoms with E-state index in [2.05, 4.69) is 12.2 Å². The number of unbranched alkanes of at least 4 members (excludes halogenated alkanes) is 1. The van der Waals surface area contributed by atoms with E-state index in [1.165, 1.54) is 6.07 Å². The van der Waals surface area contributed by atoms with Gasteiger partial charge in [-0.15, -0.1) is 0 Å². The van der Waals surface area contributed by atoms with E-state index in [1.807, 2.05) is 0 Å². The van der Waals surface area contributed by atoms with Gasteiger partial charge in [0.15, 0.2) is 0 Å². The van der Waals surface area contributed by atoms with Gasteiger partial charge in [0, 0.05) is 5.69 Å². The van der Waals surface area contributed by atoms with Crippen molar-refractivity contribution in [3.05, 3.63) is 52.6 Å². The van der Waals surface area contributed by atoms with Gasteiger partial charge in [-0.05, 0) is 57.0 Å². The molecule has 2 aromatic carbocycles. The zero-order chi connectivity index (χ0) is 20.7. The van der Waals surface area contributed by atoms with Crippen molar-refractivity contribution in [2.45, 2.75) is 46.1 Å². The highest BCUT2D eigenvalue weighted by molar-refractivity contribution is 5.85. The van der Waals surface area contributed by atoms with Crippen molar-refractivity contribution in [1.29, 1.82) is 0 Å². The Balaban J connectivity index is 2.18. The molecule has 2 aromatic rings. The zero-order valence-corrected chi connectivity index (χ0v) is 16.7. The van der Waals surface area contributed by atoms with Crippen molar-refractivity contribution in [3.8, 4) is 16.9 Å². The van der Waals surface area contributed by atoms with Crippen LogP contribution in [-0.2, 0) is 4.74 Å². The third-order valence-electron chi connectivity index (χ3n) is 3.77. The molecular weight excluding hydrogens is 360 g/mol. The lowest BCUT2D eigenvalue weighted by Crippen LogP contribution is -2.27. The van der Waals surface area contributed by atoms with Crippen LogP contribution in [0.2, 0.25) is 0 Å². The minimum Gasteiger partial charge on any atom is -0.493 e. The Hall–Kier alpha value is -3.09. The molecule has 2 rings (SSSR count). The van der Waals surface area contributed by atoms with E-state index in [0.29, 0.717) is 29.2 Å². The number of carbonyl (C=O) groups excluding carboxylic acids is 1. The number of ether oxygens (including phenoxy) is 2. The largest absolute Gasteiger partial charge is 0.493 e. The molecule has 0 radical (unpaired) electrons. The van der Waals surface area contributed by atoms with Crippen molar-refractivity contribution in [2.24, 2.45) is 0 Å². The summed E-state index contributed by atoms with van der Waals surface area (Å²) in [7, 11) is 0. The number of anilines is 1. The molecule has 0 aliphatic rings. The van der Waals surface area contributed by atoms with Gasteiger partial charge < -0.3 is 9.47 Å². The van der Waals surface area contributed by atoms with Crippen LogP contribution in [0.3, 0.4) is 0 Å². The monoisotopic (exact) mass is 386 g/mol. The van der Waals surface area contributed by atoms with Gasteiger partial charge in [-0.2, -0.15) is 0 Å². The quantitative estimate of drug-likeness (QED) is 0.369. The predicted molar refractivity (Wildman–Crippen MR) is 109 cm³/mol. The minimum atomic E-state index is -0.592. The van der Waals surface area contributed by atoms with E-state index in [4.69, 9.17) is 9.47 Å². The van der Waals surface area contributed by atoms with E-state index in [1.54, 1.807) is 57.2 Å². The molecule has 0 aromatic heterocycles. The molecule has 0 atom stereocenters. The normalized spacial score (nSPS) is 11.0. The fourth-order valence-electron chi connectivity index (χ4n) is 2.49. The fraction of sp³-hybridized carbons (Fsp3) is 0.381. The number of hydrogen-bond acceptors (Lipinski definition) is 5. The van der Waals surface area contributed by atoms with Gasteiger partial charge in [0.2, 0.25) is 0 Å². The predicted octanol–water partition coefficient (Wildman–Crippen LogP) is 5.79. The molecule has 150 valence electrons. The second-order valence-electron chi connectivity index (χ2n) is 7.34. The molecule has 0 fully saturated rings. The third kappa shape index (κ3) is 6.26. The van der Waals surface area contributed by atoms with Crippen LogP contribution in [0.5, 0.6) is 5.75 Å². The van der Waals surface area contributed by atoms with Crippen LogP contribution < -0.4 is 10.1 Å². The summed E-state index contributed by atoms with van der Waals surface area (Å²) in [6.45, 7) is 7.92. The molecule has 0 aliphatic heterocycles. The van der Waals surface area contributed by atoms with Crippen molar-refractivity contribution >= 4 is 17.5 Å². The SMILES string of the molecule is CCCCOc1ccc(-c2ccc(NC(=O)OC(C)(C)C)cc2)c([N+](=O)[O-])c1. The molecule has 1 N–H and O–H groups in total. The van der Waals surface area contributed by atoms with Gasteiger partial charge in [0.25, 0.3) is 5.69 Å². The number of hydrogen-bond donors (Lipinski definition) is 1. The Labute approximate surface area is 164 Å². The van der Waals surface area contributed by atoms with Crippen LogP contribution >= 0.6 is 0 Å². The standard InChI is InChI=1S/C21H26N2O5/c1-5-6-13-27-17-11-12-18(19(14-17)23(25)26)15-7-9-16(10-8-15)22-20(24)28-21(2,3)4/h7-12,14H,5-6,13H2,1-4H3,(H,22,24). The summed E-state index contributed by atoms with van der Waals surface area (Å²) in [6, 6.07) is 11.6. The average molecular weight is 386 g/mol. The molecule has 0 saturated heterocycles. The number of nitrogens with zero attached hydrogens (tertiary/aromatic N) is 1. The second kappa shape index (κ2) is 9.21. The lowest BCUT2D eigenvalue weighted by molar-refractivity contribution is -0.384. The Bertz CT molecular complexity index is 826. The second-order valence-corrected chi connectivity index (χ2v) is 7.34. The van der Waals surface area contributed by atoms with Crippen molar-refractivity contribution in [2.75, 3.05) is 11.9 Å². The van der Waals surface area contributed by atoms with E-state index in [9.17, 15) is 14.9 Å². The first-order valence-corrected chi connectivity index (χ1v) is 9.21. The number of nitrogens with one attached hydrogen (secondary N) is 1. The Kier molecular flexibility index (Phi) is 6.98. The highest BCUT2D eigenvalue weighted by Crippen LogP contribution is 2.33. The van der Waals surface area contributed by atoms with Gasteiger partial charge in [0.05, 0.1) is 23.2 Å². The molecule has 0 heterocycles. The molecule has 0 aliphatic carbocycles. The third-order valence-corrected chi connectivity index (χ3v) is 3.77. The van der Waals surface area contributed by atoms with Gasteiger partial charge >= 0.3 is 6.09 Å². The number of amides is 1. The van der Waals surface area contributed by atoms with E-state index in [0.717, 1.165) is 12.8 Å². The van der Waals surface area contributed by atoms with E-state index < -0.39 is 16.6 Å². The molecule has 7 nitrogen and oxygen atoms in total. The van der Waals surface area contributed by atoms with Gasteiger partial charge in [-0.1, -0.05) is 25.5 Å². The highest BCUT2D eigenvalue weighted by atomic mass is 16.6. The first-order chi connectivity index (χ1) is 13.2. The van der Waals surface area contributed by atoms with E-state index >= 15 is 0 Å². The van der Waals surface area contributed by atoms with Crippen molar-refractivity contribution in [3.63, 3.8) is 0 Å². The van der Waals surface area contributed by atoms with Crippen LogP contribution in [0.1, 0.15) is 40.5 Å². The molecule has 0 spiro atoms. The Morgan fingerprint density at radius 2 is 1.82 bits per heavy atom. The lowest BCUT2D eigenvalue weighted by atomic mass is 10.0. The van der Waals surface area contributed by atoms with Crippen molar-refractivity contribution < 1.29 is 19.2 Å². The first-order valence-electron chi connectivity index (χ1n) is 9.21. The molecule has 1 amide bonds. The summed E-state index contributed by atoms with van der Waals surface area (Å²) in [5, 5.41) is 14.1.